The van der Waals surface area contributed by atoms with Crippen molar-refractivity contribution in [2.45, 2.75) is 13.0 Å². The zero-order valence-corrected chi connectivity index (χ0v) is 12.9. The second-order valence-electron chi connectivity index (χ2n) is 5.16. The van der Waals surface area contributed by atoms with E-state index in [4.69, 9.17) is 0 Å². The summed E-state index contributed by atoms with van der Waals surface area (Å²) in [6, 6.07) is 10.2. The normalized spacial score (nSPS) is 10.5. The average molecular weight is 324 g/mol. The first kappa shape index (κ1) is 15.6. The summed E-state index contributed by atoms with van der Waals surface area (Å²) >= 11 is 0. The summed E-state index contributed by atoms with van der Waals surface area (Å²) in [6.07, 6.45) is 6.79. The number of hydrogen-bond acceptors (Lipinski definition) is 6. The topological polar surface area (TPSA) is 98.8 Å². The molecule has 0 fully saturated rings. The number of aromatic nitrogens is 4. The van der Waals surface area contributed by atoms with E-state index in [9.17, 15) is 10.1 Å². The molecule has 1 N–H and O–H groups in total. The van der Waals surface area contributed by atoms with Gasteiger partial charge in [-0.1, -0.05) is 30.3 Å². The van der Waals surface area contributed by atoms with Gasteiger partial charge in [-0.05, 0) is 5.56 Å². The monoisotopic (exact) mass is 324 g/mol. The van der Waals surface area contributed by atoms with E-state index in [1.807, 2.05) is 24.4 Å². The third-order valence-electron chi connectivity index (χ3n) is 3.48. The van der Waals surface area contributed by atoms with Gasteiger partial charge in [-0.15, -0.1) is 0 Å². The van der Waals surface area contributed by atoms with E-state index >= 15 is 0 Å². The van der Waals surface area contributed by atoms with Crippen LogP contribution in [0, 0.1) is 10.1 Å². The number of nitrogens with one attached hydrogen (secondary N) is 1. The molecule has 3 rings (SSSR count). The Morgan fingerprint density at radius 3 is 2.58 bits per heavy atom. The van der Waals surface area contributed by atoms with Crippen LogP contribution in [-0.2, 0) is 13.0 Å². The first-order valence-corrected chi connectivity index (χ1v) is 7.46. The van der Waals surface area contributed by atoms with Crippen LogP contribution in [0.25, 0.3) is 0 Å². The molecule has 0 aliphatic carbocycles. The Morgan fingerprint density at radius 2 is 1.88 bits per heavy atom. The molecule has 0 saturated heterocycles. The van der Waals surface area contributed by atoms with Crippen LogP contribution in [0.1, 0.15) is 11.4 Å². The first-order chi connectivity index (χ1) is 11.7. The van der Waals surface area contributed by atoms with Crippen molar-refractivity contribution in [2.75, 3.05) is 11.9 Å². The predicted octanol–water partition coefficient (Wildman–Crippen LogP) is 2.28. The smallest absolute Gasteiger partial charge is 0.305 e. The lowest BCUT2D eigenvalue weighted by atomic mass is 10.2. The van der Waals surface area contributed by atoms with Gasteiger partial charge < -0.3 is 9.88 Å². The lowest BCUT2D eigenvalue weighted by molar-refractivity contribution is -0.385. The van der Waals surface area contributed by atoms with E-state index in [1.165, 1.54) is 18.0 Å². The molecule has 0 saturated carbocycles. The summed E-state index contributed by atoms with van der Waals surface area (Å²) in [4.78, 5) is 22.2. The highest BCUT2D eigenvalue weighted by molar-refractivity contribution is 5.30. The summed E-state index contributed by atoms with van der Waals surface area (Å²) in [6.45, 7) is 1.35. The van der Waals surface area contributed by atoms with Crippen LogP contribution in [0.4, 0.5) is 11.6 Å². The van der Waals surface area contributed by atoms with E-state index < -0.39 is 4.92 Å². The van der Waals surface area contributed by atoms with Crippen molar-refractivity contribution in [1.29, 1.82) is 0 Å². The molecular formula is C16H16N6O2. The van der Waals surface area contributed by atoms with Gasteiger partial charge in [0.05, 0.1) is 4.92 Å². The maximum Gasteiger partial charge on any atom is 0.305 e. The third-order valence-corrected chi connectivity index (χ3v) is 3.48. The predicted molar refractivity (Wildman–Crippen MR) is 88.7 cm³/mol. The first-order valence-electron chi connectivity index (χ1n) is 7.46. The van der Waals surface area contributed by atoms with Crippen molar-refractivity contribution in [3.05, 3.63) is 76.6 Å². The Morgan fingerprint density at radius 1 is 1.12 bits per heavy atom. The second-order valence-corrected chi connectivity index (χ2v) is 5.16. The number of rotatable bonds is 7. The Bertz CT molecular complexity index is 801. The van der Waals surface area contributed by atoms with Gasteiger partial charge in [0.1, 0.15) is 18.2 Å². The van der Waals surface area contributed by atoms with Gasteiger partial charge in [0.2, 0.25) is 5.95 Å². The van der Waals surface area contributed by atoms with Gasteiger partial charge >= 0.3 is 5.69 Å². The van der Waals surface area contributed by atoms with Gasteiger partial charge in [0, 0.05) is 31.9 Å². The number of nitro groups is 1. The number of hydrogen-bond donors (Lipinski definition) is 1. The molecule has 0 amide bonds. The molecule has 1 aromatic carbocycles. The molecule has 24 heavy (non-hydrogen) atoms. The van der Waals surface area contributed by atoms with Gasteiger partial charge in [0.15, 0.2) is 0 Å². The zero-order chi connectivity index (χ0) is 16.8. The van der Waals surface area contributed by atoms with E-state index in [2.05, 4.69) is 37.0 Å². The average Bonchev–Trinajstić information content (AvgIpc) is 3.03. The number of benzene rings is 1. The maximum absolute atomic E-state index is 10.6. The molecule has 0 bridgehead atoms. The summed E-state index contributed by atoms with van der Waals surface area (Å²) in [5, 5.41) is 13.6. The zero-order valence-electron chi connectivity index (χ0n) is 12.9. The molecule has 0 unspecified atom stereocenters. The van der Waals surface area contributed by atoms with Gasteiger partial charge in [-0.2, -0.15) is 0 Å². The van der Waals surface area contributed by atoms with Crippen molar-refractivity contribution >= 4 is 11.6 Å². The Hall–Kier alpha value is -3.29. The lowest BCUT2D eigenvalue weighted by Crippen LogP contribution is -2.12. The molecule has 0 atom stereocenters. The van der Waals surface area contributed by atoms with Crippen LogP contribution in [-0.4, -0.2) is 31.0 Å². The molecular weight excluding hydrogens is 308 g/mol. The SMILES string of the molecule is O=[N+]([O-])c1cnc(NCCc2nccn2Cc2ccccc2)nc1. The van der Waals surface area contributed by atoms with Gasteiger partial charge in [-0.25, -0.2) is 15.0 Å². The molecule has 2 heterocycles. The minimum atomic E-state index is -0.524. The van der Waals surface area contributed by atoms with Crippen LogP contribution >= 0.6 is 0 Å². The summed E-state index contributed by atoms with van der Waals surface area (Å²) in [5.41, 5.74) is 1.09. The lowest BCUT2D eigenvalue weighted by Gasteiger charge is -2.08. The number of nitrogens with zero attached hydrogens (tertiary/aromatic N) is 5. The van der Waals surface area contributed by atoms with Crippen molar-refractivity contribution in [2.24, 2.45) is 0 Å². The van der Waals surface area contributed by atoms with E-state index in [0.29, 0.717) is 18.9 Å². The largest absolute Gasteiger partial charge is 0.354 e. The van der Waals surface area contributed by atoms with Crippen LogP contribution in [0.2, 0.25) is 0 Å². The highest BCUT2D eigenvalue weighted by atomic mass is 16.6. The Labute approximate surface area is 138 Å². The van der Waals surface area contributed by atoms with E-state index in [0.717, 1.165) is 12.4 Å². The van der Waals surface area contributed by atoms with E-state index in [-0.39, 0.29) is 5.69 Å². The van der Waals surface area contributed by atoms with Crippen molar-refractivity contribution in [1.82, 2.24) is 19.5 Å². The number of imidazole rings is 1. The summed E-state index contributed by atoms with van der Waals surface area (Å²) in [5.74, 6) is 1.31. The van der Waals surface area contributed by atoms with Crippen molar-refractivity contribution in [3.63, 3.8) is 0 Å². The fourth-order valence-corrected chi connectivity index (χ4v) is 2.29. The fourth-order valence-electron chi connectivity index (χ4n) is 2.29. The molecule has 0 aliphatic heterocycles. The summed E-state index contributed by atoms with van der Waals surface area (Å²) in [7, 11) is 0. The standard InChI is InChI=1S/C16H16N6O2/c23-22(24)14-10-19-16(20-11-14)18-7-6-15-17-8-9-21(15)12-13-4-2-1-3-5-13/h1-5,8-11H,6-7,12H2,(H,18,19,20). The second kappa shape index (κ2) is 7.32. The maximum atomic E-state index is 10.6. The van der Waals surface area contributed by atoms with Crippen molar-refractivity contribution < 1.29 is 4.92 Å². The van der Waals surface area contributed by atoms with E-state index in [1.54, 1.807) is 6.20 Å². The molecule has 122 valence electrons. The van der Waals surface area contributed by atoms with Gasteiger partial charge in [-0.3, -0.25) is 10.1 Å². The molecule has 8 heteroatoms. The highest BCUT2D eigenvalue weighted by Crippen LogP contribution is 2.09. The quantitative estimate of drug-likeness (QED) is 0.529. The molecule has 0 spiro atoms. The molecule has 8 nitrogen and oxygen atoms in total. The van der Waals surface area contributed by atoms with Crippen molar-refractivity contribution in [3.8, 4) is 0 Å². The Balaban J connectivity index is 1.56. The van der Waals surface area contributed by atoms with Crippen LogP contribution in [0.3, 0.4) is 0 Å². The minimum Gasteiger partial charge on any atom is -0.354 e. The fraction of sp³-hybridized carbons (Fsp3) is 0.188. The number of anilines is 1. The minimum absolute atomic E-state index is 0.126. The molecule has 2 aromatic heterocycles. The third kappa shape index (κ3) is 3.92. The van der Waals surface area contributed by atoms with Crippen LogP contribution in [0.5, 0.6) is 0 Å². The highest BCUT2D eigenvalue weighted by Gasteiger charge is 2.07. The molecule has 0 aliphatic rings. The van der Waals surface area contributed by atoms with Gasteiger partial charge in [0.25, 0.3) is 0 Å². The summed E-state index contributed by atoms with van der Waals surface area (Å²) < 4.78 is 2.09. The Kier molecular flexibility index (Phi) is 4.76. The molecule has 3 aromatic rings. The van der Waals surface area contributed by atoms with Crippen LogP contribution in [0.15, 0.2) is 55.1 Å². The molecule has 0 radical (unpaired) electrons. The van der Waals surface area contributed by atoms with Crippen LogP contribution < -0.4 is 5.32 Å².